The molecule has 2 aromatic carbocycles. The van der Waals surface area contributed by atoms with Gasteiger partial charge in [-0.3, -0.25) is 9.59 Å². The number of nitrogens with zero attached hydrogens (tertiary/aromatic N) is 1. The number of benzene rings is 2. The Morgan fingerprint density at radius 2 is 1.76 bits per heavy atom. The predicted molar refractivity (Wildman–Crippen MR) is 119 cm³/mol. The van der Waals surface area contributed by atoms with Gasteiger partial charge in [-0.15, -0.1) is 0 Å². The van der Waals surface area contributed by atoms with E-state index < -0.39 is 0 Å². The number of piperidine rings is 1. The van der Waals surface area contributed by atoms with Crippen LogP contribution in [0.1, 0.15) is 40.0 Å². The average molecular weight is 460 g/mol. The molecule has 1 heterocycles. The number of halogens is 1. The SMILES string of the molecule is COCCNC(=O)c1cc(NC(=O)c2ccc(Br)cc2)ccc1N1CCCCC1. The Morgan fingerprint density at radius 3 is 2.45 bits per heavy atom. The molecule has 0 radical (unpaired) electrons. The van der Waals surface area contributed by atoms with E-state index in [1.807, 2.05) is 24.3 Å². The molecule has 2 amide bonds. The van der Waals surface area contributed by atoms with Gasteiger partial charge in [-0.25, -0.2) is 0 Å². The number of hydrogen-bond donors (Lipinski definition) is 2. The van der Waals surface area contributed by atoms with E-state index in [2.05, 4.69) is 31.5 Å². The molecular formula is C22H26BrN3O3. The average Bonchev–Trinajstić information content (AvgIpc) is 2.75. The number of carbonyl (C=O) groups is 2. The van der Waals surface area contributed by atoms with Crippen molar-refractivity contribution in [2.75, 3.05) is 43.6 Å². The summed E-state index contributed by atoms with van der Waals surface area (Å²) in [4.78, 5) is 27.6. The van der Waals surface area contributed by atoms with Gasteiger partial charge in [0, 0.05) is 48.2 Å². The molecule has 0 aliphatic carbocycles. The number of methoxy groups -OCH3 is 1. The lowest BCUT2D eigenvalue weighted by Gasteiger charge is -2.30. The minimum Gasteiger partial charge on any atom is -0.383 e. The molecule has 0 unspecified atom stereocenters. The van der Waals surface area contributed by atoms with Gasteiger partial charge >= 0.3 is 0 Å². The molecule has 1 saturated heterocycles. The van der Waals surface area contributed by atoms with E-state index in [9.17, 15) is 9.59 Å². The summed E-state index contributed by atoms with van der Waals surface area (Å²) < 4.78 is 5.93. The summed E-state index contributed by atoms with van der Waals surface area (Å²) in [5.74, 6) is -0.378. The highest BCUT2D eigenvalue weighted by atomic mass is 79.9. The quantitative estimate of drug-likeness (QED) is 0.612. The summed E-state index contributed by atoms with van der Waals surface area (Å²) in [6, 6.07) is 12.7. The third-order valence-electron chi connectivity index (χ3n) is 4.89. The number of amides is 2. The van der Waals surface area contributed by atoms with Crippen molar-refractivity contribution in [1.29, 1.82) is 0 Å². The van der Waals surface area contributed by atoms with Crippen LogP contribution < -0.4 is 15.5 Å². The first kappa shape index (κ1) is 21.3. The largest absolute Gasteiger partial charge is 0.383 e. The van der Waals surface area contributed by atoms with Crippen LogP contribution in [0, 0.1) is 0 Å². The highest BCUT2D eigenvalue weighted by Crippen LogP contribution is 2.27. The van der Waals surface area contributed by atoms with Gasteiger partial charge in [0.05, 0.1) is 12.2 Å². The lowest BCUT2D eigenvalue weighted by molar-refractivity contribution is 0.0936. The van der Waals surface area contributed by atoms with E-state index in [0.29, 0.717) is 30.0 Å². The predicted octanol–water partition coefficient (Wildman–Crippen LogP) is 4.07. The molecule has 29 heavy (non-hydrogen) atoms. The molecule has 0 spiro atoms. The van der Waals surface area contributed by atoms with Gasteiger partial charge in [-0.05, 0) is 61.7 Å². The Hall–Kier alpha value is -2.38. The molecule has 3 rings (SSSR count). The molecule has 2 N–H and O–H groups in total. The molecule has 6 nitrogen and oxygen atoms in total. The number of rotatable bonds is 7. The van der Waals surface area contributed by atoms with Crippen molar-refractivity contribution >= 4 is 39.1 Å². The van der Waals surface area contributed by atoms with Crippen LogP contribution in [-0.4, -0.2) is 45.2 Å². The topological polar surface area (TPSA) is 70.7 Å². The number of ether oxygens (including phenoxy) is 1. The number of carbonyl (C=O) groups excluding carboxylic acids is 2. The van der Waals surface area contributed by atoms with E-state index in [4.69, 9.17) is 4.74 Å². The highest BCUT2D eigenvalue weighted by molar-refractivity contribution is 9.10. The fourth-order valence-corrected chi connectivity index (χ4v) is 3.64. The van der Waals surface area contributed by atoms with Gasteiger partial charge in [-0.2, -0.15) is 0 Å². The van der Waals surface area contributed by atoms with Gasteiger partial charge < -0.3 is 20.3 Å². The zero-order chi connectivity index (χ0) is 20.6. The van der Waals surface area contributed by atoms with Crippen molar-refractivity contribution in [2.45, 2.75) is 19.3 Å². The maximum absolute atomic E-state index is 12.8. The van der Waals surface area contributed by atoms with Crippen LogP contribution in [0.3, 0.4) is 0 Å². The van der Waals surface area contributed by atoms with Crippen molar-refractivity contribution in [3.05, 3.63) is 58.1 Å². The Labute approximate surface area is 179 Å². The van der Waals surface area contributed by atoms with E-state index in [0.717, 1.165) is 36.1 Å². The molecular weight excluding hydrogens is 434 g/mol. The van der Waals surface area contributed by atoms with Crippen molar-refractivity contribution in [3.63, 3.8) is 0 Å². The first-order valence-corrected chi connectivity index (χ1v) is 10.6. The van der Waals surface area contributed by atoms with E-state index in [-0.39, 0.29) is 11.8 Å². The second-order valence-corrected chi connectivity index (χ2v) is 7.91. The van der Waals surface area contributed by atoms with Gasteiger partial charge in [-0.1, -0.05) is 15.9 Å². The molecule has 1 fully saturated rings. The summed E-state index contributed by atoms with van der Waals surface area (Å²) in [6.07, 6.45) is 3.45. The summed E-state index contributed by atoms with van der Waals surface area (Å²) >= 11 is 3.37. The Bertz CT molecular complexity index is 849. The molecule has 1 aliphatic rings. The van der Waals surface area contributed by atoms with Gasteiger partial charge in [0.1, 0.15) is 0 Å². The Balaban J connectivity index is 1.82. The van der Waals surface area contributed by atoms with Crippen LogP contribution in [0.25, 0.3) is 0 Å². The van der Waals surface area contributed by atoms with Gasteiger partial charge in [0.25, 0.3) is 11.8 Å². The Kier molecular flexibility index (Phi) is 7.66. The van der Waals surface area contributed by atoms with Crippen LogP contribution in [0.5, 0.6) is 0 Å². The minimum atomic E-state index is -0.214. The third kappa shape index (κ3) is 5.81. The lowest BCUT2D eigenvalue weighted by atomic mass is 10.1. The molecule has 154 valence electrons. The second kappa shape index (κ2) is 10.4. The molecule has 0 atom stereocenters. The summed E-state index contributed by atoms with van der Waals surface area (Å²) in [6.45, 7) is 2.75. The molecule has 0 aromatic heterocycles. The van der Waals surface area contributed by atoms with Crippen LogP contribution in [-0.2, 0) is 4.74 Å². The standard InChI is InChI=1S/C22H26BrN3O3/c1-29-14-11-24-22(28)19-15-18(9-10-20(19)26-12-3-2-4-13-26)25-21(27)16-5-7-17(23)8-6-16/h5-10,15H,2-4,11-14H2,1H3,(H,24,28)(H,25,27). The molecule has 0 bridgehead atoms. The highest BCUT2D eigenvalue weighted by Gasteiger charge is 2.19. The third-order valence-corrected chi connectivity index (χ3v) is 5.42. The second-order valence-electron chi connectivity index (χ2n) is 6.99. The lowest BCUT2D eigenvalue weighted by Crippen LogP contribution is -2.33. The number of hydrogen-bond acceptors (Lipinski definition) is 4. The minimum absolute atomic E-state index is 0.164. The van der Waals surface area contributed by atoms with Crippen molar-refractivity contribution in [2.24, 2.45) is 0 Å². The maximum atomic E-state index is 12.8. The van der Waals surface area contributed by atoms with Crippen LogP contribution in [0.4, 0.5) is 11.4 Å². The fraction of sp³-hybridized carbons (Fsp3) is 0.364. The van der Waals surface area contributed by atoms with Gasteiger partial charge in [0.2, 0.25) is 0 Å². The zero-order valence-corrected chi connectivity index (χ0v) is 18.1. The first-order valence-electron chi connectivity index (χ1n) is 9.81. The fourth-order valence-electron chi connectivity index (χ4n) is 3.37. The van der Waals surface area contributed by atoms with Crippen molar-refractivity contribution < 1.29 is 14.3 Å². The first-order chi connectivity index (χ1) is 14.1. The molecule has 2 aromatic rings. The molecule has 0 saturated carbocycles. The van der Waals surface area contributed by atoms with E-state index in [1.54, 1.807) is 25.3 Å². The Morgan fingerprint density at radius 1 is 1.03 bits per heavy atom. The summed E-state index contributed by atoms with van der Waals surface area (Å²) in [7, 11) is 1.60. The summed E-state index contributed by atoms with van der Waals surface area (Å²) in [5, 5.41) is 5.78. The van der Waals surface area contributed by atoms with Gasteiger partial charge in [0.15, 0.2) is 0 Å². The maximum Gasteiger partial charge on any atom is 0.255 e. The smallest absolute Gasteiger partial charge is 0.255 e. The van der Waals surface area contributed by atoms with E-state index >= 15 is 0 Å². The monoisotopic (exact) mass is 459 g/mol. The molecule has 7 heteroatoms. The van der Waals surface area contributed by atoms with Crippen LogP contribution >= 0.6 is 15.9 Å². The zero-order valence-electron chi connectivity index (χ0n) is 16.5. The molecule has 1 aliphatic heterocycles. The van der Waals surface area contributed by atoms with Crippen LogP contribution in [0.2, 0.25) is 0 Å². The number of nitrogens with one attached hydrogen (secondary N) is 2. The van der Waals surface area contributed by atoms with Crippen molar-refractivity contribution in [1.82, 2.24) is 5.32 Å². The normalized spacial score (nSPS) is 13.8. The van der Waals surface area contributed by atoms with E-state index in [1.165, 1.54) is 6.42 Å². The van der Waals surface area contributed by atoms with Crippen LogP contribution in [0.15, 0.2) is 46.9 Å². The number of anilines is 2. The summed E-state index contributed by atoms with van der Waals surface area (Å²) in [5.41, 5.74) is 2.62. The van der Waals surface area contributed by atoms with Crippen molar-refractivity contribution in [3.8, 4) is 0 Å².